The highest BCUT2D eigenvalue weighted by Crippen LogP contribution is 2.23. The van der Waals surface area contributed by atoms with Crippen molar-refractivity contribution in [2.45, 2.75) is 46.2 Å². The zero-order valence-electron chi connectivity index (χ0n) is 20.6. The predicted octanol–water partition coefficient (Wildman–Crippen LogP) is 5.95. The van der Waals surface area contributed by atoms with Crippen molar-refractivity contribution in [3.63, 3.8) is 0 Å². The highest BCUT2D eigenvalue weighted by molar-refractivity contribution is 5.90. The number of aryl methyl sites for hydroxylation is 1. The average Bonchev–Trinajstić information content (AvgIpc) is 2.87. The van der Waals surface area contributed by atoms with Crippen molar-refractivity contribution in [3.8, 4) is 0 Å². The zero-order chi connectivity index (χ0) is 24.8. The van der Waals surface area contributed by atoms with E-state index in [1.807, 2.05) is 87.5 Å². The number of hydrogen-bond acceptors (Lipinski definition) is 3. The molecule has 1 atom stereocenters. The molecule has 1 unspecified atom stereocenters. The van der Waals surface area contributed by atoms with E-state index in [1.165, 1.54) is 0 Å². The van der Waals surface area contributed by atoms with E-state index in [-0.39, 0.29) is 11.6 Å². The summed E-state index contributed by atoms with van der Waals surface area (Å²) in [6.07, 6.45) is 1.48. The van der Waals surface area contributed by atoms with E-state index in [4.69, 9.17) is 4.98 Å². The van der Waals surface area contributed by atoms with Gasteiger partial charge >= 0.3 is 6.03 Å². The van der Waals surface area contributed by atoms with Gasteiger partial charge in [0.1, 0.15) is 5.82 Å². The lowest BCUT2D eigenvalue weighted by Crippen LogP contribution is -2.41. The average molecular weight is 469 g/mol. The Morgan fingerprint density at radius 2 is 1.69 bits per heavy atom. The summed E-state index contributed by atoms with van der Waals surface area (Å²) in [5, 5.41) is 3.67. The van der Waals surface area contributed by atoms with Crippen molar-refractivity contribution in [3.05, 3.63) is 106 Å². The first kappa shape index (κ1) is 24.2. The van der Waals surface area contributed by atoms with Gasteiger partial charge in [-0.15, -0.1) is 0 Å². The maximum absolute atomic E-state index is 13.6. The van der Waals surface area contributed by atoms with Crippen LogP contribution in [0.15, 0.2) is 83.7 Å². The fraction of sp³-hybridized carbons (Fsp3) is 0.276. The van der Waals surface area contributed by atoms with Crippen molar-refractivity contribution in [2.24, 2.45) is 0 Å². The van der Waals surface area contributed by atoms with E-state index in [9.17, 15) is 9.59 Å². The summed E-state index contributed by atoms with van der Waals surface area (Å²) < 4.78 is 1.73. The van der Waals surface area contributed by atoms with Crippen molar-refractivity contribution >= 4 is 22.6 Å². The minimum Gasteiger partial charge on any atom is -0.314 e. The minimum absolute atomic E-state index is 0.0679. The van der Waals surface area contributed by atoms with Crippen LogP contribution in [-0.2, 0) is 13.0 Å². The van der Waals surface area contributed by atoms with Gasteiger partial charge in [-0.25, -0.2) is 9.78 Å². The van der Waals surface area contributed by atoms with Crippen molar-refractivity contribution in [1.82, 2.24) is 14.5 Å². The van der Waals surface area contributed by atoms with Crippen LogP contribution in [0.3, 0.4) is 0 Å². The molecular formula is C29H32N4O2. The molecule has 0 aliphatic heterocycles. The highest BCUT2D eigenvalue weighted by atomic mass is 16.2. The standard InChI is InChI=1S/C29H32N4O2/c1-4-19-33-27(30-26-17-11-9-15-24(26)28(33)34)22(3)32(20-18-23-13-6-5-7-14-23)29(35)31-25-16-10-8-12-21(25)2/h5-17,22H,4,18-20H2,1-3H3,(H,31,35). The summed E-state index contributed by atoms with van der Waals surface area (Å²) in [6.45, 7) is 6.98. The molecule has 1 aromatic heterocycles. The van der Waals surface area contributed by atoms with Crippen LogP contribution in [0.2, 0.25) is 0 Å². The molecule has 180 valence electrons. The molecule has 35 heavy (non-hydrogen) atoms. The number of hydrogen-bond donors (Lipinski definition) is 1. The molecule has 0 saturated carbocycles. The second-order valence-electron chi connectivity index (χ2n) is 8.79. The van der Waals surface area contributed by atoms with Crippen molar-refractivity contribution < 1.29 is 4.79 Å². The summed E-state index contributed by atoms with van der Waals surface area (Å²) in [5.41, 5.74) is 3.48. The van der Waals surface area contributed by atoms with E-state index in [0.717, 1.165) is 23.2 Å². The molecule has 0 radical (unpaired) electrons. The molecule has 1 N–H and O–H groups in total. The number of carbonyl (C=O) groups is 1. The molecule has 4 rings (SSSR count). The van der Waals surface area contributed by atoms with Crippen LogP contribution in [0.4, 0.5) is 10.5 Å². The van der Waals surface area contributed by atoms with Gasteiger partial charge in [-0.2, -0.15) is 0 Å². The van der Waals surface area contributed by atoms with Gasteiger partial charge in [-0.05, 0) is 56.0 Å². The lowest BCUT2D eigenvalue weighted by Gasteiger charge is -2.31. The Morgan fingerprint density at radius 3 is 2.43 bits per heavy atom. The fourth-order valence-electron chi connectivity index (χ4n) is 4.35. The quantitative estimate of drug-likeness (QED) is 0.347. The predicted molar refractivity (Wildman–Crippen MR) is 142 cm³/mol. The van der Waals surface area contributed by atoms with Gasteiger partial charge < -0.3 is 10.2 Å². The molecule has 0 bridgehead atoms. The fourth-order valence-corrected chi connectivity index (χ4v) is 4.35. The van der Waals surface area contributed by atoms with Crippen LogP contribution in [0.5, 0.6) is 0 Å². The van der Waals surface area contributed by atoms with Crippen LogP contribution in [-0.4, -0.2) is 27.0 Å². The Morgan fingerprint density at radius 1 is 1.00 bits per heavy atom. The maximum atomic E-state index is 13.6. The van der Waals surface area contributed by atoms with Gasteiger partial charge in [0.2, 0.25) is 0 Å². The molecule has 4 aromatic rings. The third-order valence-corrected chi connectivity index (χ3v) is 6.31. The maximum Gasteiger partial charge on any atom is 0.322 e. The molecule has 6 nitrogen and oxygen atoms in total. The van der Waals surface area contributed by atoms with Crippen LogP contribution >= 0.6 is 0 Å². The van der Waals surface area contributed by atoms with E-state index < -0.39 is 6.04 Å². The van der Waals surface area contributed by atoms with Crippen molar-refractivity contribution in [1.29, 1.82) is 0 Å². The molecular weight excluding hydrogens is 436 g/mol. The van der Waals surface area contributed by atoms with E-state index in [0.29, 0.717) is 36.2 Å². The zero-order valence-corrected chi connectivity index (χ0v) is 20.6. The number of aromatic nitrogens is 2. The second kappa shape index (κ2) is 11.0. The number of urea groups is 1. The molecule has 2 amide bonds. The normalized spacial score (nSPS) is 11.9. The number of para-hydroxylation sites is 2. The number of carbonyl (C=O) groups excluding carboxylic acids is 1. The lowest BCUT2D eigenvalue weighted by atomic mass is 10.1. The van der Waals surface area contributed by atoms with E-state index in [2.05, 4.69) is 17.4 Å². The van der Waals surface area contributed by atoms with Gasteiger partial charge in [-0.3, -0.25) is 9.36 Å². The smallest absolute Gasteiger partial charge is 0.314 e. The van der Waals surface area contributed by atoms with Crippen LogP contribution < -0.4 is 10.9 Å². The van der Waals surface area contributed by atoms with Gasteiger partial charge in [0.05, 0.1) is 16.9 Å². The molecule has 3 aromatic carbocycles. The third kappa shape index (κ3) is 5.43. The number of rotatable bonds is 8. The molecule has 0 spiro atoms. The van der Waals surface area contributed by atoms with Crippen LogP contribution in [0.1, 0.15) is 43.3 Å². The number of anilines is 1. The lowest BCUT2D eigenvalue weighted by molar-refractivity contribution is 0.189. The number of fused-ring (bicyclic) bond motifs is 1. The molecule has 6 heteroatoms. The first-order chi connectivity index (χ1) is 17.0. The topological polar surface area (TPSA) is 67.2 Å². The van der Waals surface area contributed by atoms with Gasteiger partial charge in [0, 0.05) is 18.8 Å². The molecule has 0 aliphatic carbocycles. The monoisotopic (exact) mass is 468 g/mol. The second-order valence-corrected chi connectivity index (χ2v) is 8.79. The number of nitrogens with zero attached hydrogens (tertiary/aromatic N) is 3. The highest BCUT2D eigenvalue weighted by Gasteiger charge is 2.26. The Bertz CT molecular complexity index is 1360. The van der Waals surface area contributed by atoms with Crippen molar-refractivity contribution in [2.75, 3.05) is 11.9 Å². The molecule has 0 aliphatic rings. The molecule has 1 heterocycles. The van der Waals surface area contributed by atoms with Crippen LogP contribution in [0.25, 0.3) is 10.9 Å². The first-order valence-electron chi connectivity index (χ1n) is 12.2. The number of benzene rings is 3. The third-order valence-electron chi connectivity index (χ3n) is 6.31. The summed E-state index contributed by atoms with van der Waals surface area (Å²) in [7, 11) is 0. The summed E-state index contributed by atoms with van der Waals surface area (Å²) in [5.74, 6) is 0.601. The van der Waals surface area contributed by atoms with Gasteiger partial charge in [-0.1, -0.05) is 67.6 Å². The first-order valence-corrected chi connectivity index (χ1v) is 12.2. The Labute approximate surface area is 206 Å². The number of amides is 2. The van der Waals surface area contributed by atoms with E-state index >= 15 is 0 Å². The Balaban J connectivity index is 1.73. The Hall–Kier alpha value is -3.93. The van der Waals surface area contributed by atoms with Crippen LogP contribution in [0, 0.1) is 6.92 Å². The largest absolute Gasteiger partial charge is 0.322 e. The van der Waals surface area contributed by atoms with Gasteiger partial charge in [0.15, 0.2) is 0 Å². The summed E-state index contributed by atoms with van der Waals surface area (Å²) >= 11 is 0. The molecule has 0 fully saturated rings. The summed E-state index contributed by atoms with van der Waals surface area (Å²) in [6, 6.07) is 24.6. The van der Waals surface area contributed by atoms with Gasteiger partial charge in [0.25, 0.3) is 5.56 Å². The minimum atomic E-state index is -0.411. The number of nitrogens with one attached hydrogen (secondary N) is 1. The van der Waals surface area contributed by atoms with E-state index in [1.54, 1.807) is 9.47 Å². The summed E-state index contributed by atoms with van der Waals surface area (Å²) in [4.78, 5) is 33.6. The SMILES string of the molecule is CCCn1c(C(C)N(CCc2ccccc2)C(=O)Nc2ccccc2C)nc2ccccc2c1=O. The Kier molecular flexibility index (Phi) is 7.60. The molecule has 0 saturated heterocycles.